The second-order valence-corrected chi connectivity index (χ2v) is 9.61. The number of aromatic amines is 1. The summed E-state index contributed by atoms with van der Waals surface area (Å²) in [5.41, 5.74) is 5.63. The van der Waals surface area contributed by atoms with Crippen LogP contribution in [-0.4, -0.2) is 57.2 Å². The minimum absolute atomic E-state index is 0.0770. The number of halogens is 1. The molecule has 9 nitrogen and oxygen atoms in total. The summed E-state index contributed by atoms with van der Waals surface area (Å²) in [5.74, 6) is 2.14. The van der Waals surface area contributed by atoms with Crippen molar-refractivity contribution in [1.29, 1.82) is 0 Å². The smallest absolute Gasteiger partial charge is 0.236 e. The van der Waals surface area contributed by atoms with Gasteiger partial charge in [0, 0.05) is 24.5 Å². The molecule has 0 aliphatic carbocycles. The Morgan fingerprint density at radius 3 is 2.54 bits per heavy atom. The molecule has 1 atom stereocenters. The lowest BCUT2D eigenvalue weighted by molar-refractivity contribution is -0.125. The lowest BCUT2D eigenvalue weighted by Crippen LogP contribution is -2.47. The van der Waals surface area contributed by atoms with Gasteiger partial charge in [-0.3, -0.25) is 14.8 Å². The third-order valence-corrected chi connectivity index (χ3v) is 6.98. The van der Waals surface area contributed by atoms with E-state index in [9.17, 15) is 4.79 Å². The molecule has 1 aromatic carbocycles. The summed E-state index contributed by atoms with van der Waals surface area (Å²) in [6.45, 7) is 9.98. The van der Waals surface area contributed by atoms with Gasteiger partial charge >= 0.3 is 0 Å². The van der Waals surface area contributed by atoms with Gasteiger partial charge in [0.25, 0.3) is 0 Å². The van der Waals surface area contributed by atoms with Gasteiger partial charge in [-0.15, -0.1) is 0 Å². The number of hydrogen-bond acceptors (Lipinski definition) is 7. The zero-order valence-electron chi connectivity index (χ0n) is 20.9. The number of benzene rings is 1. The molecule has 4 rings (SSSR count). The summed E-state index contributed by atoms with van der Waals surface area (Å²) in [6, 6.07) is 6.21. The summed E-state index contributed by atoms with van der Waals surface area (Å²) in [7, 11) is 1.69. The van der Waals surface area contributed by atoms with Gasteiger partial charge in [0.1, 0.15) is 5.02 Å². The summed E-state index contributed by atoms with van der Waals surface area (Å²) >= 11 is 6.30. The highest BCUT2D eigenvalue weighted by Gasteiger charge is 2.27. The van der Waals surface area contributed by atoms with Crippen molar-refractivity contribution in [2.24, 2.45) is 0 Å². The Balaban J connectivity index is 1.46. The van der Waals surface area contributed by atoms with Crippen molar-refractivity contribution in [3.8, 4) is 0 Å². The first-order valence-corrected chi connectivity index (χ1v) is 12.3. The summed E-state index contributed by atoms with van der Waals surface area (Å²) < 4.78 is 0. The fraction of sp³-hybridized carbons (Fsp3) is 0.440. The van der Waals surface area contributed by atoms with Crippen molar-refractivity contribution in [1.82, 2.24) is 30.4 Å². The van der Waals surface area contributed by atoms with Crippen LogP contribution < -0.4 is 16.0 Å². The average molecular weight is 497 g/mol. The van der Waals surface area contributed by atoms with E-state index in [4.69, 9.17) is 11.6 Å². The van der Waals surface area contributed by atoms with Gasteiger partial charge < -0.3 is 16.0 Å². The van der Waals surface area contributed by atoms with Crippen molar-refractivity contribution in [3.05, 3.63) is 51.8 Å². The maximum Gasteiger partial charge on any atom is 0.236 e. The predicted molar refractivity (Wildman–Crippen MR) is 140 cm³/mol. The molecule has 0 saturated carbocycles. The van der Waals surface area contributed by atoms with Gasteiger partial charge in [0.2, 0.25) is 11.9 Å². The number of anilines is 4. The Labute approximate surface area is 211 Å². The first-order chi connectivity index (χ1) is 16.7. The summed E-state index contributed by atoms with van der Waals surface area (Å²) in [4.78, 5) is 23.2. The maximum absolute atomic E-state index is 12.0. The van der Waals surface area contributed by atoms with Crippen molar-refractivity contribution in [2.75, 3.05) is 30.8 Å². The third kappa shape index (κ3) is 5.74. The van der Waals surface area contributed by atoms with Gasteiger partial charge in [0.05, 0.1) is 12.2 Å². The number of carbonyl (C=O) groups excluding carboxylic acids is 1. The molecule has 35 heavy (non-hydrogen) atoms. The zero-order valence-corrected chi connectivity index (χ0v) is 21.6. The quantitative estimate of drug-likeness (QED) is 0.379. The van der Waals surface area contributed by atoms with E-state index >= 15 is 0 Å². The van der Waals surface area contributed by atoms with Crippen LogP contribution in [0.4, 0.5) is 23.3 Å². The number of amides is 1. The van der Waals surface area contributed by atoms with Crippen LogP contribution in [0.3, 0.4) is 0 Å². The molecule has 0 spiro atoms. The molecular formula is C25H33ClN8O. The Bertz CT molecular complexity index is 1200. The number of carbonyl (C=O) groups is 1. The first kappa shape index (κ1) is 24.9. The summed E-state index contributed by atoms with van der Waals surface area (Å²) in [5, 5.41) is 16.7. The van der Waals surface area contributed by atoms with E-state index in [-0.39, 0.29) is 11.9 Å². The Morgan fingerprint density at radius 1 is 1.14 bits per heavy atom. The third-order valence-electron chi connectivity index (χ3n) is 6.70. The number of nitrogens with zero attached hydrogens (tertiary/aromatic N) is 4. The van der Waals surface area contributed by atoms with Gasteiger partial charge in [0.15, 0.2) is 11.6 Å². The van der Waals surface area contributed by atoms with Crippen LogP contribution >= 0.6 is 11.6 Å². The van der Waals surface area contributed by atoms with Crippen LogP contribution in [0.2, 0.25) is 5.02 Å². The topological polar surface area (TPSA) is 111 Å². The molecule has 1 fully saturated rings. The Kier molecular flexibility index (Phi) is 7.57. The van der Waals surface area contributed by atoms with Crippen LogP contribution in [-0.2, 0) is 4.79 Å². The molecular weight excluding hydrogens is 464 g/mol. The van der Waals surface area contributed by atoms with Gasteiger partial charge in [-0.1, -0.05) is 17.7 Å². The van der Waals surface area contributed by atoms with Gasteiger partial charge in [-0.2, -0.15) is 10.1 Å². The van der Waals surface area contributed by atoms with E-state index in [1.807, 2.05) is 19.9 Å². The van der Waals surface area contributed by atoms with E-state index in [0.717, 1.165) is 42.9 Å². The molecule has 4 N–H and O–H groups in total. The van der Waals surface area contributed by atoms with Gasteiger partial charge in [-0.25, -0.2) is 4.98 Å². The molecule has 10 heteroatoms. The van der Waals surface area contributed by atoms with Crippen LogP contribution in [0, 0.1) is 20.8 Å². The molecule has 3 aromatic rings. The number of rotatable bonds is 7. The molecule has 0 radical (unpaired) electrons. The van der Waals surface area contributed by atoms with Crippen molar-refractivity contribution >= 4 is 40.8 Å². The minimum atomic E-state index is -0.0915. The second-order valence-electron chi connectivity index (χ2n) is 9.20. The van der Waals surface area contributed by atoms with Crippen molar-refractivity contribution < 1.29 is 4.79 Å². The minimum Gasteiger partial charge on any atom is -0.358 e. The number of aromatic nitrogens is 4. The number of likely N-dealkylation sites (tertiary alicyclic amines) is 1. The Hall–Kier alpha value is -3.17. The highest BCUT2D eigenvalue weighted by atomic mass is 35.5. The highest BCUT2D eigenvalue weighted by Crippen LogP contribution is 2.34. The molecule has 186 valence electrons. The van der Waals surface area contributed by atoms with E-state index in [2.05, 4.69) is 67.0 Å². The largest absolute Gasteiger partial charge is 0.358 e. The van der Waals surface area contributed by atoms with E-state index < -0.39 is 0 Å². The normalized spacial score (nSPS) is 15.6. The van der Waals surface area contributed by atoms with Gasteiger partial charge in [-0.05, 0) is 82.3 Å². The summed E-state index contributed by atoms with van der Waals surface area (Å²) in [6.07, 6.45) is 3.65. The van der Waals surface area contributed by atoms with Crippen LogP contribution in [0.1, 0.15) is 48.1 Å². The Morgan fingerprint density at radius 2 is 1.89 bits per heavy atom. The van der Waals surface area contributed by atoms with E-state index in [1.165, 1.54) is 11.1 Å². The number of piperidine rings is 1. The molecule has 1 saturated heterocycles. The van der Waals surface area contributed by atoms with Crippen molar-refractivity contribution in [3.63, 3.8) is 0 Å². The second kappa shape index (κ2) is 10.6. The number of nitrogens with one attached hydrogen (secondary N) is 4. The number of hydrogen-bond donors (Lipinski definition) is 4. The standard InChI is InChI=1S/C25H33ClN8O/c1-14-11-21(29-25-28-13-20(26)23(31-25)30-22-12-16(3)32-33-22)15(2)10-19(14)18-6-8-34(9-7-18)17(4)24(35)27-5/h10-13,17-18H,6-9H2,1-5H3,(H,27,35)(H3,28,29,30,31,32,33)/t17-/m0/s1. The molecule has 2 aromatic heterocycles. The van der Waals surface area contributed by atoms with Crippen LogP contribution in [0.15, 0.2) is 24.4 Å². The monoisotopic (exact) mass is 496 g/mol. The maximum atomic E-state index is 12.0. The zero-order chi connectivity index (χ0) is 25.1. The molecule has 1 aliphatic rings. The molecule has 0 unspecified atom stereocenters. The SMILES string of the molecule is CNC(=O)[C@H](C)N1CCC(c2cc(C)c(Nc3ncc(Cl)c(Nc4cc(C)[nH]n4)n3)cc2C)CC1. The lowest BCUT2D eigenvalue weighted by atomic mass is 9.85. The molecule has 1 amide bonds. The average Bonchev–Trinajstić information content (AvgIpc) is 3.26. The fourth-order valence-electron chi connectivity index (χ4n) is 4.62. The van der Waals surface area contributed by atoms with Crippen LogP contribution in [0.5, 0.6) is 0 Å². The first-order valence-electron chi connectivity index (χ1n) is 11.9. The number of aryl methyl sites for hydroxylation is 3. The number of likely N-dealkylation sites (N-methyl/N-ethyl adjacent to an activating group) is 1. The molecule has 3 heterocycles. The number of H-pyrrole nitrogens is 1. The molecule has 0 bridgehead atoms. The lowest BCUT2D eigenvalue weighted by Gasteiger charge is -2.36. The fourth-order valence-corrected chi connectivity index (χ4v) is 4.76. The van der Waals surface area contributed by atoms with Crippen molar-refractivity contribution in [2.45, 2.75) is 52.5 Å². The van der Waals surface area contributed by atoms with E-state index in [0.29, 0.717) is 28.5 Å². The van der Waals surface area contributed by atoms with E-state index in [1.54, 1.807) is 13.2 Å². The highest BCUT2D eigenvalue weighted by molar-refractivity contribution is 6.32. The molecule has 1 aliphatic heterocycles. The predicted octanol–water partition coefficient (Wildman–Crippen LogP) is 4.58. The van der Waals surface area contributed by atoms with Crippen LogP contribution in [0.25, 0.3) is 0 Å².